The maximum absolute atomic E-state index is 12.3. The number of halogens is 2. The van der Waals surface area contributed by atoms with Crippen molar-refractivity contribution in [1.82, 2.24) is 4.72 Å². The maximum Gasteiger partial charge on any atom is 0.241 e. The number of benzene rings is 1. The third-order valence-electron chi connectivity index (χ3n) is 2.81. The molecule has 1 rings (SSSR count). The van der Waals surface area contributed by atoms with Crippen LogP contribution in [0.4, 0.5) is 0 Å². The van der Waals surface area contributed by atoms with Gasteiger partial charge >= 0.3 is 0 Å². The summed E-state index contributed by atoms with van der Waals surface area (Å²) in [5, 5.41) is 0. The molecule has 0 fully saturated rings. The molecule has 1 aromatic rings. The fraction of sp³-hybridized carbons (Fsp3) is 0.500. The molecule has 1 aromatic carbocycles. The van der Waals surface area contributed by atoms with Gasteiger partial charge in [0.25, 0.3) is 0 Å². The summed E-state index contributed by atoms with van der Waals surface area (Å²) >= 11 is 6.57. The molecule has 0 aliphatic rings. The van der Waals surface area contributed by atoms with Gasteiger partial charge in [0.15, 0.2) is 0 Å². The first kappa shape index (κ1) is 16.1. The van der Waals surface area contributed by atoms with E-state index in [9.17, 15) is 8.42 Å². The number of hydrogen-bond acceptors (Lipinski definition) is 2. The fourth-order valence-electron chi connectivity index (χ4n) is 1.17. The van der Waals surface area contributed by atoms with Crippen LogP contribution in [0.1, 0.15) is 27.7 Å². The van der Waals surface area contributed by atoms with Crippen LogP contribution in [0.2, 0.25) is 0 Å². The molecule has 0 radical (unpaired) electrons. The summed E-state index contributed by atoms with van der Waals surface area (Å²) in [4.78, 5) is 0.252. The first-order valence-electron chi connectivity index (χ1n) is 5.51. The summed E-state index contributed by atoms with van der Waals surface area (Å²) in [6.07, 6.45) is 0. The molecule has 0 aromatic heterocycles. The van der Waals surface area contributed by atoms with Crippen LogP contribution in [0.5, 0.6) is 0 Å². The standard InChI is InChI=1S/C12H17Br2NO2S/c1-8(12(2,3)4)15-18(16,17)11-6-5-9(13)7-10(11)14/h5-8,15H,1-4H3. The molecule has 3 nitrogen and oxygen atoms in total. The second-order valence-electron chi connectivity index (χ2n) is 5.28. The lowest BCUT2D eigenvalue weighted by molar-refractivity contribution is 0.317. The van der Waals surface area contributed by atoms with Crippen molar-refractivity contribution >= 4 is 41.9 Å². The lowest BCUT2D eigenvalue weighted by atomic mass is 9.89. The van der Waals surface area contributed by atoms with Crippen LogP contribution in [0.25, 0.3) is 0 Å². The van der Waals surface area contributed by atoms with E-state index in [1.165, 1.54) is 0 Å². The molecule has 0 bridgehead atoms. The minimum absolute atomic E-state index is 0.130. The van der Waals surface area contributed by atoms with Gasteiger partial charge in [0, 0.05) is 15.0 Å². The highest BCUT2D eigenvalue weighted by molar-refractivity contribution is 9.11. The van der Waals surface area contributed by atoms with E-state index < -0.39 is 10.0 Å². The van der Waals surface area contributed by atoms with E-state index in [0.717, 1.165) is 4.47 Å². The van der Waals surface area contributed by atoms with Crippen LogP contribution < -0.4 is 4.72 Å². The van der Waals surface area contributed by atoms with Crippen molar-refractivity contribution in [1.29, 1.82) is 0 Å². The van der Waals surface area contributed by atoms with E-state index >= 15 is 0 Å². The van der Waals surface area contributed by atoms with Crippen LogP contribution in [-0.2, 0) is 10.0 Å². The summed E-state index contributed by atoms with van der Waals surface area (Å²) in [6, 6.07) is 4.85. The Balaban J connectivity index is 3.08. The Morgan fingerprint density at radius 1 is 1.22 bits per heavy atom. The Morgan fingerprint density at radius 2 is 1.78 bits per heavy atom. The summed E-state index contributed by atoms with van der Waals surface area (Å²) in [6.45, 7) is 7.86. The average molecular weight is 399 g/mol. The minimum Gasteiger partial charge on any atom is -0.208 e. The second kappa shape index (κ2) is 5.61. The largest absolute Gasteiger partial charge is 0.241 e. The van der Waals surface area contributed by atoms with E-state index in [1.807, 2.05) is 27.7 Å². The molecule has 18 heavy (non-hydrogen) atoms. The topological polar surface area (TPSA) is 46.2 Å². The monoisotopic (exact) mass is 397 g/mol. The number of rotatable bonds is 3. The minimum atomic E-state index is -3.51. The van der Waals surface area contributed by atoms with Crippen molar-refractivity contribution in [3.05, 3.63) is 27.1 Å². The molecule has 1 unspecified atom stereocenters. The zero-order chi connectivity index (χ0) is 14.1. The van der Waals surface area contributed by atoms with Crippen LogP contribution in [0, 0.1) is 5.41 Å². The van der Waals surface area contributed by atoms with Crippen molar-refractivity contribution in [2.45, 2.75) is 38.6 Å². The molecule has 0 amide bonds. The summed E-state index contributed by atoms with van der Waals surface area (Å²) in [5.41, 5.74) is -0.130. The van der Waals surface area contributed by atoms with E-state index in [4.69, 9.17) is 0 Å². The Kier molecular flexibility index (Phi) is 5.03. The van der Waals surface area contributed by atoms with Crippen molar-refractivity contribution < 1.29 is 8.42 Å². The summed E-state index contributed by atoms with van der Waals surface area (Å²) < 4.78 is 28.6. The molecule has 1 atom stereocenters. The third-order valence-corrected chi connectivity index (χ3v) is 5.83. The highest BCUT2D eigenvalue weighted by Crippen LogP contribution is 2.27. The Hall–Kier alpha value is 0.0900. The molecular weight excluding hydrogens is 382 g/mol. The van der Waals surface area contributed by atoms with Crippen molar-refractivity contribution in [2.75, 3.05) is 0 Å². The van der Waals surface area contributed by atoms with Gasteiger partial charge in [-0.2, -0.15) is 0 Å². The highest BCUT2D eigenvalue weighted by Gasteiger charge is 2.27. The maximum atomic E-state index is 12.3. The van der Waals surface area contributed by atoms with Gasteiger partial charge in [-0.3, -0.25) is 0 Å². The zero-order valence-electron chi connectivity index (χ0n) is 10.8. The first-order valence-corrected chi connectivity index (χ1v) is 8.58. The first-order chi connectivity index (χ1) is 8.04. The average Bonchev–Trinajstić information content (AvgIpc) is 2.14. The molecule has 0 spiro atoms. The SMILES string of the molecule is CC(NS(=O)(=O)c1ccc(Br)cc1Br)C(C)(C)C. The Labute approximate surface area is 126 Å². The smallest absolute Gasteiger partial charge is 0.208 e. The number of hydrogen-bond donors (Lipinski definition) is 1. The molecule has 0 aliphatic carbocycles. The second-order valence-corrected chi connectivity index (χ2v) is 8.74. The molecule has 1 N–H and O–H groups in total. The molecule has 6 heteroatoms. The Bertz CT molecular complexity index is 535. The predicted molar refractivity (Wildman–Crippen MR) is 81.1 cm³/mol. The van der Waals surface area contributed by atoms with Gasteiger partial charge in [0.2, 0.25) is 10.0 Å². The molecule has 0 saturated heterocycles. The van der Waals surface area contributed by atoms with Crippen molar-refractivity contribution in [3.8, 4) is 0 Å². The number of nitrogens with one attached hydrogen (secondary N) is 1. The normalized spacial score (nSPS) is 14.6. The van der Waals surface area contributed by atoms with Gasteiger partial charge in [0.05, 0.1) is 4.90 Å². The molecule has 0 heterocycles. The van der Waals surface area contributed by atoms with E-state index in [-0.39, 0.29) is 16.4 Å². The van der Waals surface area contributed by atoms with E-state index in [2.05, 4.69) is 36.6 Å². The molecular formula is C12H17Br2NO2S. The van der Waals surface area contributed by atoms with Gasteiger partial charge in [-0.05, 0) is 46.5 Å². The number of sulfonamides is 1. The summed E-state index contributed by atoms with van der Waals surface area (Å²) in [7, 11) is -3.51. The van der Waals surface area contributed by atoms with Crippen LogP contribution >= 0.6 is 31.9 Å². The fourth-order valence-corrected chi connectivity index (χ4v) is 4.36. The van der Waals surface area contributed by atoms with E-state index in [0.29, 0.717) is 4.47 Å². The third kappa shape index (κ3) is 4.05. The van der Waals surface area contributed by atoms with Crippen molar-refractivity contribution in [3.63, 3.8) is 0 Å². The van der Waals surface area contributed by atoms with E-state index in [1.54, 1.807) is 18.2 Å². The van der Waals surface area contributed by atoms with Gasteiger partial charge in [-0.25, -0.2) is 13.1 Å². The van der Waals surface area contributed by atoms with Crippen LogP contribution in [0.15, 0.2) is 32.0 Å². The Morgan fingerprint density at radius 3 is 2.22 bits per heavy atom. The van der Waals surface area contributed by atoms with Crippen LogP contribution in [-0.4, -0.2) is 14.5 Å². The van der Waals surface area contributed by atoms with Crippen LogP contribution in [0.3, 0.4) is 0 Å². The van der Waals surface area contributed by atoms with Gasteiger partial charge in [-0.15, -0.1) is 0 Å². The summed E-state index contributed by atoms with van der Waals surface area (Å²) in [5.74, 6) is 0. The molecule has 102 valence electrons. The quantitative estimate of drug-likeness (QED) is 0.838. The molecule has 0 aliphatic heterocycles. The van der Waals surface area contributed by atoms with Gasteiger partial charge in [0.1, 0.15) is 0 Å². The van der Waals surface area contributed by atoms with Gasteiger partial charge in [-0.1, -0.05) is 36.7 Å². The lowest BCUT2D eigenvalue weighted by Crippen LogP contribution is -2.41. The van der Waals surface area contributed by atoms with Crippen molar-refractivity contribution in [2.24, 2.45) is 5.41 Å². The highest BCUT2D eigenvalue weighted by atomic mass is 79.9. The molecule has 0 saturated carbocycles. The van der Waals surface area contributed by atoms with Gasteiger partial charge < -0.3 is 0 Å². The zero-order valence-corrected chi connectivity index (χ0v) is 14.8. The predicted octanol–water partition coefficient (Wildman–Crippen LogP) is 3.92. The lowest BCUT2D eigenvalue weighted by Gasteiger charge is -2.28.